The van der Waals surface area contributed by atoms with Crippen molar-refractivity contribution in [3.63, 3.8) is 0 Å². The van der Waals surface area contributed by atoms with Crippen molar-refractivity contribution in [1.29, 1.82) is 0 Å². The Morgan fingerprint density at radius 3 is 2.00 bits per heavy atom. The lowest BCUT2D eigenvalue weighted by Crippen LogP contribution is -2.24. The van der Waals surface area contributed by atoms with Gasteiger partial charge in [0.1, 0.15) is 0 Å². The zero-order chi connectivity index (χ0) is 18.9. The molecule has 0 atom stereocenters. The minimum Gasteiger partial charge on any atom is -0.410 e. The fourth-order valence-corrected chi connectivity index (χ4v) is 3.84. The molecule has 0 aromatic heterocycles. The van der Waals surface area contributed by atoms with Gasteiger partial charge in [-0.2, -0.15) is 13.2 Å². The maximum absolute atomic E-state index is 12.6. The van der Waals surface area contributed by atoms with Gasteiger partial charge in [0, 0.05) is 5.56 Å². The van der Waals surface area contributed by atoms with Crippen LogP contribution in [0.4, 0.5) is 13.2 Å². The second-order valence-electron chi connectivity index (χ2n) is 5.91. The molecule has 0 fully saturated rings. The predicted molar refractivity (Wildman–Crippen MR) is 90.9 cm³/mol. The zero-order valence-electron chi connectivity index (χ0n) is 14.2. The second kappa shape index (κ2) is 9.79. The molecule has 0 heterocycles. The summed E-state index contributed by atoms with van der Waals surface area (Å²) in [4.78, 5) is -0.0262. The van der Waals surface area contributed by atoms with Crippen LogP contribution in [0.15, 0.2) is 34.3 Å². The zero-order valence-corrected chi connectivity index (χ0v) is 15.0. The Kier molecular flexibility index (Phi) is 8.41. The van der Waals surface area contributed by atoms with E-state index in [-0.39, 0.29) is 16.2 Å². The van der Waals surface area contributed by atoms with Crippen LogP contribution in [-0.2, 0) is 9.84 Å². The molecule has 1 aromatic rings. The van der Waals surface area contributed by atoms with Gasteiger partial charge in [-0.3, -0.25) is 0 Å². The molecule has 0 aliphatic heterocycles. The standard InChI is InChI=1S/C17H24F3NO3S/c1-2-3-4-5-6-7-8-13-25(23,24)15-11-9-14(10-12-15)16(21-22)17(18,19)20/h9-12,22H,2-8,13H2,1H3. The minimum absolute atomic E-state index is 0.0262. The third kappa shape index (κ3) is 7.05. The van der Waals surface area contributed by atoms with Crippen LogP contribution >= 0.6 is 0 Å². The van der Waals surface area contributed by atoms with Crippen molar-refractivity contribution >= 4 is 15.5 Å². The molecule has 1 aromatic carbocycles. The first-order chi connectivity index (χ1) is 11.7. The monoisotopic (exact) mass is 379 g/mol. The van der Waals surface area contributed by atoms with Crippen molar-refractivity contribution in [2.24, 2.45) is 5.16 Å². The molecule has 1 rings (SSSR count). The summed E-state index contributed by atoms with van der Waals surface area (Å²) >= 11 is 0. The van der Waals surface area contributed by atoms with Gasteiger partial charge in [-0.25, -0.2) is 8.42 Å². The van der Waals surface area contributed by atoms with Crippen molar-refractivity contribution in [2.75, 3.05) is 5.75 Å². The molecule has 0 aliphatic carbocycles. The van der Waals surface area contributed by atoms with E-state index >= 15 is 0 Å². The predicted octanol–water partition coefficient (Wildman–Crippen LogP) is 4.95. The van der Waals surface area contributed by atoms with Crippen LogP contribution in [0.1, 0.15) is 57.4 Å². The van der Waals surface area contributed by atoms with Gasteiger partial charge in [0.15, 0.2) is 15.5 Å². The molecule has 25 heavy (non-hydrogen) atoms. The Morgan fingerprint density at radius 1 is 1.00 bits per heavy atom. The molecule has 0 amide bonds. The highest BCUT2D eigenvalue weighted by molar-refractivity contribution is 7.91. The lowest BCUT2D eigenvalue weighted by Gasteiger charge is -2.10. The summed E-state index contributed by atoms with van der Waals surface area (Å²) in [6.07, 6.45) is 2.09. The molecule has 0 unspecified atom stereocenters. The average molecular weight is 379 g/mol. The largest absolute Gasteiger partial charge is 0.437 e. The quantitative estimate of drug-likeness (QED) is 0.271. The number of nitrogens with zero attached hydrogens (tertiary/aromatic N) is 1. The van der Waals surface area contributed by atoms with Gasteiger partial charge in [-0.05, 0) is 18.6 Å². The lowest BCUT2D eigenvalue weighted by atomic mass is 10.1. The van der Waals surface area contributed by atoms with Gasteiger partial charge in [0.25, 0.3) is 0 Å². The van der Waals surface area contributed by atoms with E-state index in [1.165, 1.54) is 6.42 Å². The molecular formula is C17H24F3NO3S. The number of halogens is 3. The average Bonchev–Trinajstić information content (AvgIpc) is 2.54. The second-order valence-corrected chi connectivity index (χ2v) is 8.02. The highest BCUT2D eigenvalue weighted by Crippen LogP contribution is 2.24. The highest BCUT2D eigenvalue weighted by Gasteiger charge is 2.37. The first-order valence-corrected chi connectivity index (χ1v) is 10.00. The number of alkyl halides is 3. The smallest absolute Gasteiger partial charge is 0.410 e. The van der Waals surface area contributed by atoms with Crippen LogP contribution in [0, 0.1) is 0 Å². The SMILES string of the molecule is CCCCCCCCCS(=O)(=O)c1ccc(C(=NO)C(F)(F)F)cc1. The number of benzene rings is 1. The van der Waals surface area contributed by atoms with E-state index in [0.717, 1.165) is 56.4 Å². The molecule has 0 aliphatic rings. The Hall–Kier alpha value is -1.57. The molecule has 0 saturated carbocycles. The van der Waals surface area contributed by atoms with Gasteiger partial charge in [0.05, 0.1) is 10.6 Å². The van der Waals surface area contributed by atoms with Gasteiger partial charge in [0.2, 0.25) is 0 Å². The number of unbranched alkanes of at least 4 members (excludes halogenated alkanes) is 6. The summed E-state index contributed by atoms with van der Waals surface area (Å²) in [7, 11) is -3.53. The van der Waals surface area contributed by atoms with Gasteiger partial charge >= 0.3 is 6.18 Å². The summed E-state index contributed by atoms with van der Waals surface area (Å²) in [5.41, 5.74) is -1.84. The Labute approximate surface area is 146 Å². The van der Waals surface area contributed by atoms with E-state index in [0.29, 0.717) is 6.42 Å². The molecule has 0 spiro atoms. The third-order valence-corrected chi connectivity index (χ3v) is 5.69. The summed E-state index contributed by atoms with van der Waals surface area (Å²) in [5, 5.41) is 10.8. The number of oxime groups is 1. The van der Waals surface area contributed by atoms with E-state index in [4.69, 9.17) is 5.21 Å². The molecular weight excluding hydrogens is 355 g/mol. The Bertz CT molecular complexity index is 653. The van der Waals surface area contributed by atoms with Gasteiger partial charge < -0.3 is 5.21 Å². The molecule has 142 valence electrons. The molecule has 0 radical (unpaired) electrons. The van der Waals surface area contributed by atoms with E-state index in [9.17, 15) is 21.6 Å². The normalized spacial score (nSPS) is 13.2. The summed E-state index contributed by atoms with van der Waals surface area (Å²) in [6, 6.07) is 4.23. The number of hydrogen-bond acceptors (Lipinski definition) is 4. The maximum atomic E-state index is 12.6. The Balaban J connectivity index is 2.62. The van der Waals surface area contributed by atoms with Crippen LogP contribution in [0.25, 0.3) is 0 Å². The molecule has 8 heteroatoms. The van der Waals surface area contributed by atoms with Crippen LogP contribution in [-0.4, -0.2) is 31.3 Å². The number of hydrogen-bond donors (Lipinski definition) is 1. The maximum Gasteiger partial charge on any atom is 0.437 e. The van der Waals surface area contributed by atoms with Crippen LogP contribution in [0.2, 0.25) is 0 Å². The van der Waals surface area contributed by atoms with Crippen LogP contribution in [0.5, 0.6) is 0 Å². The van der Waals surface area contributed by atoms with Crippen molar-refractivity contribution in [3.05, 3.63) is 29.8 Å². The number of rotatable bonds is 10. The molecule has 1 N–H and O–H groups in total. The van der Waals surface area contributed by atoms with Crippen molar-refractivity contribution < 1.29 is 26.8 Å². The van der Waals surface area contributed by atoms with Gasteiger partial charge in [-0.15, -0.1) is 0 Å². The summed E-state index contributed by atoms with van der Waals surface area (Å²) < 4.78 is 62.4. The summed E-state index contributed by atoms with van der Waals surface area (Å²) in [6.45, 7) is 2.13. The van der Waals surface area contributed by atoms with E-state index in [1.807, 2.05) is 0 Å². The molecule has 0 bridgehead atoms. The van der Waals surface area contributed by atoms with Crippen molar-refractivity contribution in [2.45, 2.75) is 62.9 Å². The third-order valence-electron chi connectivity index (χ3n) is 3.87. The summed E-state index contributed by atoms with van der Waals surface area (Å²) in [5.74, 6) is -0.0274. The van der Waals surface area contributed by atoms with Crippen LogP contribution < -0.4 is 0 Å². The first kappa shape index (κ1) is 21.5. The van der Waals surface area contributed by atoms with E-state index in [1.54, 1.807) is 0 Å². The van der Waals surface area contributed by atoms with E-state index in [2.05, 4.69) is 12.1 Å². The topological polar surface area (TPSA) is 66.7 Å². The van der Waals surface area contributed by atoms with E-state index < -0.39 is 21.7 Å². The van der Waals surface area contributed by atoms with Gasteiger partial charge in [-0.1, -0.05) is 62.7 Å². The highest BCUT2D eigenvalue weighted by atomic mass is 32.2. The molecule has 4 nitrogen and oxygen atoms in total. The first-order valence-electron chi connectivity index (χ1n) is 8.35. The molecule has 0 saturated heterocycles. The fraction of sp³-hybridized carbons (Fsp3) is 0.588. The number of sulfone groups is 1. The lowest BCUT2D eigenvalue weighted by molar-refractivity contribution is -0.0601. The van der Waals surface area contributed by atoms with Crippen LogP contribution in [0.3, 0.4) is 0 Å². The van der Waals surface area contributed by atoms with Crippen molar-refractivity contribution in [3.8, 4) is 0 Å². The van der Waals surface area contributed by atoms with Crippen molar-refractivity contribution in [1.82, 2.24) is 0 Å². The minimum atomic E-state index is -4.81. The Morgan fingerprint density at radius 2 is 1.52 bits per heavy atom. The fourth-order valence-electron chi connectivity index (χ4n) is 2.47.